The Morgan fingerprint density at radius 1 is 0.400 bits per heavy atom. The van der Waals surface area contributed by atoms with Crippen molar-refractivity contribution in [3.8, 4) is 0 Å². The number of carbonyl (C=O) groups is 3. The smallest absolute Gasteiger partial charge is 0.310 e. The standard InChI is InChI=1S/3C13H18O2/c3*1-9(2)8-11-4-6-12(7-5-11)10(3)13(14)15/h3*4-7,9-10H,8H2,1-3H3,(H,14,15)/t3*10-/m000/s1. The van der Waals surface area contributed by atoms with Crippen LogP contribution in [0.5, 0.6) is 0 Å². The van der Waals surface area contributed by atoms with Crippen LogP contribution in [-0.2, 0) is 33.6 Å². The lowest BCUT2D eigenvalue weighted by Gasteiger charge is -2.09. The summed E-state index contributed by atoms with van der Waals surface area (Å²) in [5.41, 5.74) is 6.42. The Labute approximate surface area is 270 Å². The van der Waals surface area contributed by atoms with Gasteiger partial charge in [0, 0.05) is 0 Å². The Balaban J connectivity index is 0.000000337. The Kier molecular flexibility index (Phi) is 16.9. The highest BCUT2D eigenvalue weighted by Crippen LogP contribution is 2.19. The van der Waals surface area contributed by atoms with E-state index in [1.54, 1.807) is 20.8 Å². The molecule has 3 aromatic carbocycles. The van der Waals surface area contributed by atoms with E-state index in [2.05, 4.69) is 41.5 Å². The third-order valence-corrected chi connectivity index (χ3v) is 7.48. The molecule has 0 spiro atoms. The van der Waals surface area contributed by atoms with Crippen LogP contribution in [0.1, 0.15) is 113 Å². The van der Waals surface area contributed by atoms with E-state index in [-0.39, 0.29) is 0 Å². The molecule has 0 unspecified atom stereocenters. The van der Waals surface area contributed by atoms with Crippen LogP contribution >= 0.6 is 0 Å². The van der Waals surface area contributed by atoms with Crippen LogP contribution in [0.15, 0.2) is 72.8 Å². The van der Waals surface area contributed by atoms with Crippen molar-refractivity contribution in [3.05, 3.63) is 106 Å². The largest absolute Gasteiger partial charge is 0.481 e. The molecule has 3 atom stereocenters. The SMILES string of the molecule is CC(C)Cc1ccc([C@H](C)C(=O)O)cc1.CC(C)Cc1ccc([C@H](C)C(=O)O)cc1.CC(C)Cc1ccc([C@H](C)C(=O)O)cc1. The topological polar surface area (TPSA) is 112 Å². The number of aliphatic carboxylic acids is 3. The molecule has 0 saturated heterocycles. The van der Waals surface area contributed by atoms with Gasteiger partial charge < -0.3 is 15.3 Å². The summed E-state index contributed by atoms with van der Waals surface area (Å²) in [7, 11) is 0. The Morgan fingerprint density at radius 3 is 0.711 bits per heavy atom. The minimum absolute atomic E-state index is 0.418. The number of hydrogen-bond donors (Lipinski definition) is 3. The summed E-state index contributed by atoms with van der Waals surface area (Å²) in [6.45, 7) is 18.2. The highest BCUT2D eigenvalue weighted by atomic mass is 16.4. The highest BCUT2D eigenvalue weighted by molar-refractivity contribution is 5.76. The van der Waals surface area contributed by atoms with E-state index in [4.69, 9.17) is 15.3 Å². The number of carboxylic acid groups (broad SMARTS) is 3. The zero-order valence-corrected chi connectivity index (χ0v) is 28.6. The molecule has 3 N–H and O–H groups in total. The number of rotatable bonds is 12. The van der Waals surface area contributed by atoms with Crippen LogP contribution in [0, 0.1) is 17.8 Å². The van der Waals surface area contributed by atoms with Gasteiger partial charge in [-0.05, 0) is 91.2 Å². The average molecular weight is 619 g/mol. The third kappa shape index (κ3) is 15.1. The lowest BCUT2D eigenvalue weighted by Crippen LogP contribution is -2.07. The quantitative estimate of drug-likeness (QED) is 0.187. The molecule has 45 heavy (non-hydrogen) atoms. The van der Waals surface area contributed by atoms with E-state index in [0.717, 1.165) is 36.0 Å². The summed E-state index contributed by atoms with van der Waals surface area (Å²) in [6, 6.07) is 23.6. The first-order valence-corrected chi connectivity index (χ1v) is 16.0. The fourth-order valence-corrected chi connectivity index (χ4v) is 4.67. The summed E-state index contributed by atoms with van der Waals surface area (Å²) in [5.74, 6) is -1.67. The van der Waals surface area contributed by atoms with Crippen molar-refractivity contribution in [1.29, 1.82) is 0 Å². The fourth-order valence-electron chi connectivity index (χ4n) is 4.67. The monoisotopic (exact) mass is 618 g/mol. The molecular formula is C39H54O6. The van der Waals surface area contributed by atoms with Crippen molar-refractivity contribution >= 4 is 17.9 Å². The highest BCUT2D eigenvalue weighted by Gasteiger charge is 2.14. The van der Waals surface area contributed by atoms with E-state index in [9.17, 15) is 14.4 Å². The van der Waals surface area contributed by atoms with Crippen LogP contribution in [0.3, 0.4) is 0 Å². The van der Waals surface area contributed by atoms with E-state index in [1.165, 1.54) is 16.7 Å². The van der Waals surface area contributed by atoms with Crippen LogP contribution in [-0.4, -0.2) is 33.2 Å². The van der Waals surface area contributed by atoms with Gasteiger partial charge in [-0.1, -0.05) is 114 Å². The van der Waals surface area contributed by atoms with E-state index < -0.39 is 35.7 Å². The van der Waals surface area contributed by atoms with Gasteiger partial charge in [0.2, 0.25) is 0 Å². The Morgan fingerprint density at radius 2 is 0.578 bits per heavy atom. The summed E-state index contributed by atoms with van der Waals surface area (Å²) >= 11 is 0. The van der Waals surface area contributed by atoms with Crippen molar-refractivity contribution < 1.29 is 29.7 Å². The van der Waals surface area contributed by atoms with Gasteiger partial charge in [-0.25, -0.2) is 0 Å². The number of benzene rings is 3. The van der Waals surface area contributed by atoms with Gasteiger partial charge >= 0.3 is 17.9 Å². The molecule has 0 heterocycles. The third-order valence-electron chi connectivity index (χ3n) is 7.48. The molecule has 0 saturated carbocycles. The zero-order valence-electron chi connectivity index (χ0n) is 28.6. The van der Waals surface area contributed by atoms with Crippen molar-refractivity contribution in [3.63, 3.8) is 0 Å². The summed E-state index contributed by atoms with van der Waals surface area (Å²) in [5, 5.41) is 26.6. The molecule has 0 aliphatic carbocycles. The maximum atomic E-state index is 10.8. The van der Waals surface area contributed by atoms with Crippen LogP contribution in [0.4, 0.5) is 0 Å². The molecule has 246 valence electrons. The zero-order chi connectivity index (χ0) is 34.3. The maximum Gasteiger partial charge on any atom is 0.310 e. The van der Waals surface area contributed by atoms with Gasteiger partial charge in [0.25, 0.3) is 0 Å². The average Bonchev–Trinajstić information content (AvgIpc) is 2.97. The number of carboxylic acids is 3. The lowest BCUT2D eigenvalue weighted by atomic mass is 9.97. The van der Waals surface area contributed by atoms with E-state index in [1.807, 2.05) is 72.8 Å². The molecule has 0 bridgehead atoms. The molecule has 6 heteroatoms. The Bertz CT molecular complexity index is 1140. The first-order valence-electron chi connectivity index (χ1n) is 16.0. The van der Waals surface area contributed by atoms with E-state index >= 15 is 0 Å². The Hall–Kier alpha value is -3.93. The first kappa shape index (κ1) is 39.1. The lowest BCUT2D eigenvalue weighted by molar-refractivity contribution is -0.139. The predicted molar refractivity (Wildman–Crippen MR) is 183 cm³/mol. The maximum absolute atomic E-state index is 10.8. The second-order valence-electron chi connectivity index (χ2n) is 13.2. The molecule has 6 nitrogen and oxygen atoms in total. The molecule has 0 aromatic heterocycles. The number of hydrogen-bond acceptors (Lipinski definition) is 3. The van der Waals surface area contributed by atoms with Gasteiger partial charge in [-0.15, -0.1) is 0 Å². The van der Waals surface area contributed by atoms with Crippen molar-refractivity contribution in [2.75, 3.05) is 0 Å². The molecule has 3 rings (SSSR count). The van der Waals surface area contributed by atoms with Crippen LogP contribution in [0.2, 0.25) is 0 Å². The van der Waals surface area contributed by atoms with Gasteiger partial charge in [0.05, 0.1) is 17.8 Å². The minimum Gasteiger partial charge on any atom is -0.481 e. The molecule has 3 aromatic rings. The molecule has 0 aliphatic rings. The minimum atomic E-state index is -0.772. The molecule has 0 fully saturated rings. The van der Waals surface area contributed by atoms with Gasteiger partial charge in [-0.2, -0.15) is 0 Å². The van der Waals surface area contributed by atoms with Gasteiger partial charge in [0.15, 0.2) is 0 Å². The van der Waals surface area contributed by atoms with Gasteiger partial charge in [-0.3, -0.25) is 14.4 Å². The van der Waals surface area contributed by atoms with Crippen molar-refractivity contribution in [2.45, 2.75) is 99.3 Å². The predicted octanol–water partition coefficient (Wildman–Crippen LogP) is 9.22. The summed E-state index contributed by atoms with van der Waals surface area (Å²) in [6.07, 6.45) is 3.13. The molecule has 0 aliphatic heterocycles. The van der Waals surface area contributed by atoms with Crippen LogP contribution in [0.25, 0.3) is 0 Å². The van der Waals surface area contributed by atoms with Crippen molar-refractivity contribution in [2.24, 2.45) is 17.8 Å². The molecular weight excluding hydrogens is 564 g/mol. The van der Waals surface area contributed by atoms with E-state index in [0.29, 0.717) is 17.8 Å². The van der Waals surface area contributed by atoms with Crippen molar-refractivity contribution in [1.82, 2.24) is 0 Å². The molecule has 0 amide bonds. The summed E-state index contributed by atoms with van der Waals surface area (Å²) in [4.78, 5) is 32.3. The molecule has 0 radical (unpaired) electrons. The van der Waals surface area contributed by atoms with Gasteiger partial charge in [0.1, 0.15) is 0 Å². The van der Waals surface area contributed by atoms with Crippen LogP contribution < -0.4 is 0 Å². The normalized spacial score (nSPS) is 12.8. The second kappa shape index (κ2) is 19.5. The summed E-state index contributed by atoms with van der Waals surface area (Å²) < 4.78 is 0. The fraction of sp³-hybridized carbons (Fsp3) is 0.462. The second-order valence-corrected chi connectivity index (χ2v) is 13.2. The first-order chi connectivity index (χ1) is 21.0.